The molecule has 1 aromatic rings. The van der Waals surface area contributed by atoms with Crippen molar-refractivity contribution in [3.63, 3.8) is 0 Å². The maximum Gasteiger partial charge on any atom is 0.339 e. The monoisotopic (exact) mass is 261 g/mol. The quantitative estimate of drug-likeness (QED) is 0.851. The number of aryl methyl sites for hydroxylation is 1. The molecule has 0 heterocycles. The van der Waals surface area contributed by atoms with Crippen LogP contribution in [0.3, 0.4) is 0 Å². The molecule has 1 aliphatic rings. The Hall–Kier alpha value is -1.84. The molecule has 0 aliphatic heterocycles. The van der Waals surface area contributed by atoms with Crippen LogP contribution in [0, 0.1) is 12.8 Å². The fourth-order valence-corrected chi connectivity index (χ4v) is 2.47. The van der Waals surface area contributed by atoms with Gasteiger partial charge in [-0.2, -0.15) is 0 Å². The minimum Gasteiger partial charge on any atom is -0.465 e. The molecule has 1 N–H and O–H groups in total. The third-order valence-corrected chi connectivity index (χ3v) is 3.56. The van der Waals surface area contributed by atoms with Gasteiger partial charge in [0.25, 0.3) is 0 Å². The second kappa shape index (κ2) is 5.87. The number of methoxy groups -OCH3 is 1. The summed E-state index contributed by atoms with van der Waals surface area (Å²) in [6, 6.07) is 5.36. The van der Waals surface area contributed by atoms with Gasteiger partial charge in [-0.3, -0.25) is 4.79 Å². The Labute approximate surface area is 113 Å². The summed E-state index contributed by atoms with van der Waals surface area (Å²) in [6.45, 7) is 1.90. The molecule has 19 heavy (non-hydrogen) atoms. The summed E-state index contributed by atoms with van der Waals surface area (Å²) in [5.74, 6) is -0.344. The molecule has 4 heteroatoms. The molecule has 1 aromatic carbocycles. The summed E-state index contributed by atoms with van der Waals surface area (Å²) in [4.78, 5) is 23.8. The van der Waals surface area contributed by atoms with Crippen LogP contribution in [-0.4, -0.2) is 19.0 Å². The third-order valence-electron chi connectivity index (χ3n) is 3.56. The van der Waals surface area contributed by atoms with Crippen molar-refractivity contribution in [3.05, 3.63) is 29.3 Å². The average Bonchev–Trinajstić information content (AvgIpc) is 2.94. The highest BCUT2D eigenvalue weighted by molar-refractivity contribution is 6.02. The van der Waals surface area contributed by atoms with Gasteiger partial charge in [-0.15, -0.1) is 0 Å². The van der Waals surface area contributed by atoms with Crippen LogP contribution in [-0.2, 0) is 9.53 Å². The van der Waals surface area contributed by atoms with E-state index in [0.29, 0.717) is 11.3 Å². The number of carbonyl (C=O) groups is 2. The molecule has 0 aromatic heterocycles. The molecule has 1 amide bonds. The van der Waals surface area contributed by atoms with Gasteiger partial charge in [0.2, 0.25) is 5.91 Å². The largest absolute Gasteiger partial charge is 0.465 e. The van der Waals surface area contributed by atoms with Gasteiger partial charge in [0.05, 0.1) is 18.4 Å². The van der Waals surface area contributed by atoms with Gasteiger partial charge in [0.15, 0.2) is 0 Å². The van der Waals surface area contributed by atoms with E-state index in [4.69, 9.17) is 4.74 Å². The zero-order valence-corrected chi connectivity index (χ0v) is 11.4. The van der Waals surface area contributed by atoms with Crippen molar-refractivity contribution < 1.29 is 14.3 Å². The molecule has 1 aliphatic carbocycles. The van der Waals surface area contributed by atoms with E-state index in [1.54, 1.807) is 12.1 Å². The normalized spacial score (nSPS) is 15.3. The van der Waals surface area contributed by atoms with Crippen molar-refractivity contribution in [2.24, 2.45) is 5.92 Å². The number of hydrogen-bond donors (Lipinski definition) is 1. The zero-order chi connectivity index (χ0) is 13.8. The predicted octanol–water partition coefficient (Wildman–Crippen LogP) is 2.91. The molecular formula is C15H19NO3. The standard InChI is InChI=1S/C15H19NO3/c1-10-7-8-13(12(9-10)15(18)19-2)16-14(17)11-5-3-4-6-11/h7-9,11H,3-6H2,1-2H3,(H,16,17). The summed E-state index contributed by atoms with van der Waals surface area (Å²) in [7, 11) is 1.34. The number of hydrogen-bond acceptors (Lipinski definition) is 3. The van der Waals surface area contributed by atoms with E-state index >= 15 is 0 Å². The fourth-order valence-electron chi connectivity index (χ4n) is 2.47. The highest BCUT2D eigenvalue weighted by Gasteiger charge is 2.24. The number of nitrogens with one attached hydrogen (secondary N) is 1. The molecule has 0 radical (unpaired) electrons. The Balaban J connectivity index is 2.19. The number of anilines is 1. The van der Waals surface area contributed by atoms with Crippen molar-refractivity contribution in [1.29, 1.82) is 0 Å². The van der Waals surface area contributed by atoms with Crippen LogP contribution in [0.4, 0.5) is 5.69 Å². The minimum absolute atomic E-state index is 0.00602. The summed E-state index contributed by atoms with van der Waals surface area (Å²) < 4.78 is 4.75. The predicted molar refractivity (Wildman–Crippen MR) is 73.1 cm³/mol. The van der Waals surface area contributed by atoms with Gasteiger partial charge in [0, 0.05) is 5.92 Å². The lowest BCUT2D eigenvalue weighted by Crippen LogP contribution is -2.22. The van der Waals surface area contributed by atoms with Gasteiger partial charge >= 0.3 is 5.97 Å². The van der Waals surface area contributed by atoms with Gasteiger partial charge in [-0.05, 0) is 31.9 Å². The fraction of sp³-hybridized carbons (Fsp3) is 0.467. The second-order valence-corrected chi connectivity index (χ2v) is 5.01. The van der Waals surface area contributed by atoms with E-state index in [9.17, 15) is 9.59 Å². The Bertz CT molecular complexity index is 490. The highest BCUT2D eigenvalue weighted by Crippen LogP contribution is 2.27. The van der Waals surface area contributed by atoms with Crippen molar-refractivity contribution in [2.75, 3.05) is 12.4 Å². The number of carbonyl (C=O) groups excluding carboxylic acids is 2. The molecule has 0 spiro atoms. The number of amides is 1. The summed E-state index contributed by atoms with van der Waals surface area (Å²) in [5.41, 5.74) is 1.91. The van der Waals surface area contributed by atoms with Gasteiger partial charge < -0.3 is 10.1 Å². The van der Waals surface area contributed by atoms with Crippen LogP contribution in [0.15, 0.2) is 18.2 Å². The molecule has 2 rings (SSSR count). The van der Waals surface area contributed by atoms with E-state index in [2.05, 4.69) is 5.32 Å². The molecular weight excluding hydrogens is 242 g/mol. The first-order valence-electron chi connectivity index (χ1n) is 6.61. The molecule has 0 bridgehead atoms. The molecule has 1 fully saturated rings. The van der Waals surface area contributed by atoms with Gasteiger partial charge in [-0.1, -0.05) is 24.5 Å². The second-order valence-electron chi connectivity index (χ2n) is 5.01. The maximum atomic E-state index is 12.1. The lowest BCUT2D eigenvalue weighted by atomic mass is 10.1. The summed E-state index contributed by atoms with van der Waals surface area (Å²) in [5, 5.41) is 2.86. The van der Waals surface area contributed by atoms with E-state index in [1.807, 2.05) is 13.0 Å². The van der Waals surface area contributed by atoms with Crippen LogP contribution in [0.5, 0.6) is 0 Å². The Morgan fingerprint density at radius 2 is 1.95 bits per heavy atom. The van der Waals surface area contributed by atoms with Crippen molar-refractivity contribution in [2.45, 2.75) is 32.6 Å². The molecule has 0 unspecified atom stereocenters. The van der Waals surface area contributed by atoms with Crippen LogP contribution >= 0.6 is 0 Å². The number of benzene rings is 1. The molecule has 102 valence electrons. The van der Waals surface area contributed by atoms with Crippen LogP contribution in [0.2, 0.25) is 0 Å². The lowest BCUT2D eigenvalue weighted by molar-refractivity contribution is -0.119. The highest BCUT2D eigenvalue weighted by atomic mass is 16.5. The van der Waals surface area contributed by atoms with Crippen LogP contribution < -0.4 is 5.32 Å². The molecule has 0 saturated heterocycles. The Morgan fingerprint density at radius 3 is 2.58 bits per heavy atom. The zero-order valence-electron chi connectivity index (χ0n) is 11.4. The van der Waals surface area contributed by atoms with Gasteiger partial charge in [0.1, 0.15) is 0 Å². The topological polar surface area (TPSA) is 55.4 Å². The van der Waals surface area contributed by atoms with Crippen LogP contribution in [0.1, 0.15) is 41.6 Å². The third kappa shape index (κ3) is 3.13. The number of rotatable bonds is 3. The van der Waals surface area contributed by atoms with E-state index < -0.39 is 5.97 Å². The first-order valence-corrected chi connectivity index (χ1v) is 6.61. The smallest absolute Gasteiger partial charge is 0.339 e. The van der Waals surface area contributed by atoms with E-state index in [1.165, 1.54) is 7.11 Å². The molecule has 0 atom stereocenters. The number of ether oxygens (including phenoxy) is 1. The lowest BCUT2D eigenvalue weighted by Gasteiger charge is -2.13. The molecule has 4 nitrogen and oxygen atoms in total. The van der Waals surface area contributed by atoms with E-state index in [-0.39, 0.29) is 11.8 Å². The first kappa shape index (κ1) is 13.6. The first-order chi connectivity index (χ1) is 9.11. The summed E-state index contributed by atoms with van der Waals surface area (Å²) in [6.07, 6.45) is 4.09. The maximum absolute atomic E-state index is 12.1. The Kier molecular flexibility index (Phi) is 4.20. The van der Waals surface area contributed by atoms with Crippen molar-refractivity contribution >= 4 is 17.6 Å². The van der Waals surface area contributed by atoms with Crippen molar-refractivity contribution in [3.8, 4) is 0 Å². The summed E-state index contributed by atoms with van der Waals surface area (Å²) >= 11 is 0. The van der Waals surface area contributed by atoms with E-state index in [0.717, 1.165) is 31.2 Å². The number of esters is 1. The van der Waals surface area contributed by atoms with Gasteiger partial charge in [-0.25, -0.2) is 4.79 Å². The van der Waals surface area contributed by atoms with Crippen LogP contribution in [0.25, 0.3) is 0 Å². The SMILES string of the molecule is COC(=O)c1cc(C)ccc1NC(=O)C1CCCC1. The Morgan fingerprint density at radius 1 is 1.26 bits per heavy atom. The molecule has 1 saturated carbocycles. The minimum atomic E-state index is -0.426. The average molecular weight is 261 g/mol. The van der Waals surface area contributed by atoms with Crippen molar-refractivity contribution in [1.82, 2.24) is 0 Å².